The molecule has 1 aromatic rings. The van der Waals surface area contributed by atoms with Crippen LogP contribution in [-0.2, 0) is 4.74 Å². The number of rotatable bonds is 3. The molecule has 23 heavy (non-hydrogen) atoms. The van der Waals surface area contributed by atoms with Crippen LogP contribution in [0.3, 0.4) is 0 Å². The molecule has 1 saturated carbocycles. The third-order valence-electron chi connectivity index (χ3n) is 3.92. The predicted molar refractivity (Wildman–Crippen MR) is 78.3 cm³/mol. The van der Waals surface area contributed by atoms with E-state index in [-0.39, 0.29) is 23.3 Å². The van der Waals surface area contributed by atoms with Gasteiger partial charge in [-0.3, -0.25) is 0 Å². The van der Waals surface area contributed by atoms with Gasteiger partial charge in [0.1, 0.15) is 11.9 Å². The zero-order valence-electron chi connectivity index (χ0n) is 12.7. The molecule has 0 aliphatic heterocycles. The minimum Gasteiger partial charge on any atom is -0.459 e. The summed E-state index contributed by atoms with van der Waals surface area (Å²) in [6.07, 6.45) is -0.585. The van der Waals surface area contributed by atoms with Gasteiger partial charge in [-0.1, -0.05) is 13.0 Å². The Bertz CT molecular complexity index is 585. The number of benzene rings is 1. The van der Waals surface area contributed by atoms with Crippen LogP contribution < -0.4 is 0 Å². The van der Waals surface area contributed by atoms with Gasteiger partial charge in [-0.25, -0.2) is 9.18 Å². The van der Waals surface area contributed by atoms with Crippen molar-refractivity contribution in [1.82, 2.24) is 0 Å². The number of hydrogen-bond acceptors (Lipinski definition) is 2. The lowest BCUT2D eigenvalue weighted by atomic mass is 9.89. The van der Waals surface area contributed by atoms with Gasteiger partial charge in [0.2, 0.25) is 0 Å². The van der Waals surface area contributed by atoms with Gasteiger partial charge >= 0.3 is 12.1 Å². The Morgan fingerprint density at radius 3 is 2.43 bits per heavy atom. The van der Waals surface area contributed by atoms with E-state index < -0.39 is 18.0 Å². The number of carbonyl (C=O) groups excluding carboxylic acids is 1. The first-order valence-electron chi connectivity index (χ1n) is 7.51. The third-order valence-corrected chi connectivity index (χ3v) is 3.92. The molecule has 0 radical (unpaired) electrons. The summed E-state index contributed by atoms with van der Waals surface area (Å²) in [4.78, 5) is 12.0. The van der Waals surface area contributed by atoms with E-state index in [9.17, 15) is 22.4 Å². The lowest BCUT2D eigenvalue weighted by Crippen LogP contribution is -2.23. The van der Waals surface area contributed by atoms with Crippen molar-refractivity contribution in [3.05, 3.63) is 41.2 Å². The maximum Gasteiger partial charge on any atom is 0.409 e. The van der Waals surface area contributed by atoms with E-state index in [1.807, 2.05) is 0 Å². The number of halogens is 4. The second-order valence-corrected chi connectivity index (χ2v) is 5.90. The van der Waals surface area contributed by atoms with Crippen LogP contribution in [0.4, 0.5) is 17.6 Å². The topological polar surface area (TPSA) is 26.3 Å². The predicted octanol–water partition coefficient (Wildman–Crippen LogP) is 5.14. The standard InChI is InChI=1S/C17H18F4O2/c1-11-2-6-14(7-3-11)23-16(22)13-5-4-12(15(18)10-13)8-9-17(19,20)21/h4-5,8-11,14H,2-3,6-7H2,1H3/b9-8+. The molecule has 0 atom stereocenters. The van der Waals surface area contributed by atoms with Crippen LogP contribution in [0.25, 0.3) is 6.08 Å². The fourth-order valence-corrected chi connectivity index (χ4v) is 2.54. The highest BCUT2D eigenvalue weighted by Crippen LogP contribution is 2.26. The van der Waals surface area contributed by atoms with Crippen LogP contribution in [0.5, 0.6) is 0 Å². The Morgan fingerprint density at radius 2 is 1.87 bits per heavy atom. The summed E-state index contributed by atoms with van der Waals surface area (Å²) in [5.41, 5.74) is -0.226. The molecule has 0 saturated heterocycles. The Labute approximate surface area is 132 Å². The minimum atomic E-state index is -4.51. The Kier molecular flexibility index (Phi) is 5.44. The van der Waals surface area contributed by atoms with Gasteiger partial charge in [0, 0.05) is 11.6 Å². The second kappa shape index (κ2) is 7.15. The fraction of sp³-hybridized carbons (Fsp3) is 0.471. The number of esters is 1. The van der Waals surface area contributed by atoms with E-state index in [1.165, 1.54) is 6.07 Å². The van der Waals surface area contributed by atoms with Gasteiger partial charge in [-0.15, -0.1) is 0 Å². The number of ether oxygens (including phenoxy) is 1. The molecule has 0 N–H and O–H groups in total. The largest absolute Gasteiger partial charge is 0.459 e. The van der Waals surface area contributed by atoms with Crippen LogP contribution in [0.2, 0.25) is 0 Å². The first-order valence-corrected chi connectivity index (χ1v) is 7.51. The minimum absolute atomic E-state index is 0.00489. The quantitative estimate of drug-likeness (QED) is 0.567. The molecule has 0 unspecified atom stereocenters. The molecule has 0 spiro atoms. The molecule has 1 aliphatic carbocycles. The first kappa shape index (κ1) is 17.5. The van der Waals surface area contributed by atoms with Crippen molar-refractivity contribution >= 4 is 12.0 Å². The zero-order valence-corrected chi connectivity index (χ0v) is 12.7. The molecule has 1 fully saturated rings. The SMILES string of the molecule is CC1CCC(OC(=O)c2ccc(/C=C/C(F)(F)F)c(F)c2)CC1. The number of carbonyl (C=O) groups is 1. The maximum absolute atomic E-state index is 13.8. The molecule has 0 heterocycles. The van der Waals surface area contributed by atoms with E-state index in [4.69, 9.17) is 4.74 Å². The molecule has 1 aliphatic rings. The molecule has 6 heteroatoms. The summed E-state index contributed by atoms with van der Waals surface area (Å²) in [6, 6.07) is 3.31. The molecular formula is C17H18F4O2. The average Bonchev–Trinajstić information content (AvgIpc) is 2.47. The van der Waals surface area contributed by atoms with Crippen LogP contribution in [0, 0.1) is 11.7 Å². The van der Waals surface area contributed by atoms with E-state index in [2.05, 4.69) is 6.92 Å². The molecule has 1 aromatic carbocycles. The Morgan fingerprint density at radius 1 is 1.22 bits per heavy atom. The van der Waals surface area contributed by atoms with Crippen molar-refractivity contribution in [3.8, 4) is 0 Å². The first-order chi connectivity index (χ1) is 10.7. The van der Waals surface area contributed by atoms with E-state index in [1.54, 1.807) is 0 Å². The highest BCUT2D eigenvalue weighted by atomic mass is 19.4. The van der Waals surface area contributed by atoms with Crippen molar-refractivity contribution in [1.29, 1.82) is 0 Å². The van der Waals surface area contributed by atoms with Gasteiger partial charge in [-0.05, 0) is 49.8 Å². The Balaban J connectivity index is 2.02. The van der Waals surface area contributed by atoms with Crippen LogP contribution in [0.15, 0.2) is 24.3 Å². The summed E-state index contributed by atoms with van der Waals surface area (Å²) in [5.74, 6) is -0.922. The molecule has 0 aromatic heterocycles. The Hall–Kier alpha value is -1.85. The lowest BCUT2D eigenvalue weighted by molar-refractivity contribution is -0.0790. The fourth-order valence-electron chi connectivity index (χ4n) is 2.54. The van der Waals surface area contributed by atoms with Gasteiger partial charge in [0.15, 0.2) is 0 Å². The lowest BCUT2D eigenvalue weighted by Gasteiger charge is -2.26. The normalized spacial score (nSPS) is 22.3. The molecule has 2 nitrogen and oxygen atoms in total. The number of alkyl halides is 3. The van der Waals surface area contributed by atoms with Gasteiger partial charge in [0.05, 0.1) is 5.56 Å². The van der Waals surface area contributed by atoms with Crippen molar-refractivity contribution in [2.75, 3.05) is 0 Å². The monoisotopic (exact) mass is 330 g/mol. The number of hydrogen-bond donors (Lipinski definition) is 0. The summed E-state index contributed by atoms with van der Waals surface area (Å²) >= 11 is 0. The zero-order chi connectivity index (χ0) is 17.0. The van der Waals surface area contributed by atoms with Crippen LogP contribution >= 0.6 is 0 Å². The van der Waals surface area contributed by atoms with E-state index >= 15 is 0 Å². The van der Waals surface area contributed by atoms with Gasteiger partial charge in [-0.2, -0.15) is 13.2 Å². The number of allylic oxidation sites excluding steroid dienone is 1. The van der Waals surface area contributed by atoms with Gasteiger partial charge < -0.3 is 4.74 Å². The summed E-state index contributed by atoms with van der Waals surface area (Å²) in [6.45, 7) is 2.14. The van der Waals surface area contributed by atoms with E-state index in [0.717, 1.165) is 37.8 Å². The second-order valence-electron chi connectivity index (χ2n) is 5.90. The summed E-state index contributed by atoms with van der Waals surface area (Å²) < 4.78 is 55.4. The highest BCUT2D eigenvalue weighted by Gasteiger charge is 2.23. The highest BCUT2D eigenvalue weighted by molar-refractivity contribution is 5.89. The van der Waals surface area contributed by atoms with Crippen molar-refractivity contribution in [2.45, 2.75) is 44.9 Å². The molecule has 2 rings (SSSR count). The van der Waals surface area contributed by atoms with Gasteiger partial charge in [0.25, 0.3) is 0 Å². The van der Waals surface area contributed by atoms with Crippen molar-refractivity contribution < 1.29 is 27.1 Å². The summed E-state index contributed by atoms with van der Waals surface area (Å²) in [7, 11) is 0. The van der Waals surface area contributed by atoms with E-state index in [0.29, 0.717) is 12.0 Å². The van der Waals surface area contributed by atoms with Crippen molar-refractivity contribution in [3.63, 3.8) is 0 Å². The van der Waals surface area contributed by atoms with Crippen LogP contribution in [-0.4, -0.2) is 18.2 Å². The molecule has 0 bridgehead atoms. The molecule has 0 amide bonds. The third kappa shape index (κ3) is 5.37. The summed E-state index contributed by atoms with van der Waals surface area (Å²) in [5, 5.41) is 0. The average molecular weight is 330 g/mol. The van der Waals surface area contributed by atoms with Crippen LogP contribution in [0.1, 0.15) is 48.5 Å². The maximum atomic E-state index is 13.8. The molecule has 126 valence electrons. The van der Waals surface area contributed by atoms with Crippen molar-refractivity contribution in [2.24, 2.45) is 5.92 Å². The molecular weight excluding hydrogens is 312 g/mol. The smallest absolute Gasteiger partial charge is 0.409 e.